The Kier molecular flexibility index (Phi) is 5.25. The number of benzene rings is 1. The molecular formula is C17H24Cl2O2. The third-order valence-corrected chi connectivity index (χ3v) is 5.21. The van der Waals surface area contributed by atoms with Gasteiger partial charge >= 0.3 is 0 Å². The van der Waals surface area contributed by atoms with Gasteiger partial charge in [0, 0.05) is 22.2 Å². The number of hydrogen-bond acceptors (Lipinski definition) is 2. The molecule has 1 aliphatic carbocycles. The number of halogens is 2. The van der Waals surface area contributed by atoms with Crippen LogP contribution in [0.3, 0.4) is 0 Å². The molecule has 118 valence electrons. The topological polar surface area (TPSA) is 29.5 Å². The van der Waals surface area contributed by atoms with E-state index in [9.17, 15) is 5.11 Å². The van der Waals surface area contributed by atoms with Crippen molar-refractivity contribution in [3.63, 3.8) is 0 Å². The summed E-state index contributed by atoms with van der Waals surface area (Å²) in [6.45, 7) is 7.08. The van der Waals surface area contributed by atoms with Crippen LogP contribution in [0.1, 0.15) is 58.1 Å². The van der Waals surface area contributed by atoms with E-state index in [1.54, 1.807) is 18.2 Å². The minimum Gasteiger partial charge on any atom is -0.385 e. The van der Waals surface area contributed by atoms with Crippen LogP contribution in [0.2, 0.25) is 10.0 Å². The number of rotatable bonds is 4. The van der Waals surface area contributed by atoms with Crippen molar-refractivity contribution in [2.24, 2.45) is 5.41 Å². The first-order valence-corrected chi connectivity index (χ1v) is 8.32. The molecule has 1 atom stereocenters. The normalized spacial score (nSPS) is 22.0. The van der Waals surface area contributed by atoms with Gasteiger partial charge in [-0.25, -0.2) is 0 Å². The molecule has 2 rings (SSSR count). The van der Waals surface area contributed by atoms with Crippen LogP contribution in [0.4, 0.5) is 0 Å². The molecule has 0 aliphatic heterocycles. The predicted octanol–water partition coefficient (Wildman–Crippen LogP) is 5.40. The Labute approximate surface area is 137 Å². The van der Waals surface area contributed by atoms with Gasteiger partial charge in [0.05, 0.1) is 5.60 Å². The molecule has 21 heavy (non-hydrogen) atoms. The van der Waals surface area contributed by atoms with Crippen molar-refractivity contribution in [2.75, 3.05) is 6.61 Å². The zero-order valence-corrected chi connectivity index (χ0v) is 14.5. The molecule has 0 saturated heterocycles. The molecule has 1 aromatic rings. The van der Waals surface area contributed by atoms with E-state index in [-0.39, 0.29) is 0 Å². The Hall–Kier alpha value is -0.280. The second kappa shape index (κ2) is 6.45. The summed E-state index contributed by atoms with van der Waals surface area (Å²) in [6.07, 6.45) is 2.97. The molecule has 1 aliphatic rings. The molecule has 1 saturated carbocycles. The lowest BCUT2D eigenvalue weighted by molar-refractivity contribution is -0.153. The van der Waals surface area contributed by atoms with Gasteiger partial charge < -0.3 is 9.84 Å². The van der Waals surface area contributed by atoms with Gasteiger partial charge in [-0.05, 0) is 56.2 Å². The molecule has 1 unspecified atom stereocenters. The fraction of sp³-hybridized carbons (Fsp3) is 0.647. The Morgan fingerprint density at radius 1 is 1.19 bits per heavy atom. The molecule has 2 nitrogen and oxygen atoms in total. The first-order valence-electron chi connectivity index (χ1n) is 7.57. The molecule has 0 amide bonds. The average Bonchev–Trinajstić information content (AvgIpc) is 2.44. The summed E-state index contributed by atoms with van der Waals surface area (Å²) in [7, 11) is 0. The lowest BCUT2D eigenvalue weighted by atomic mass is 9.68. The van der Waals surface area contributed by atoms with Crippen molar-refractivity contribution >= 4 is 23.2 Å². The van der Waals surface area contributed by atoms with Crippen LogP contribution in [0.5, 0.6) is 0 Å². The van der Waals surface area contributed by atoms with E-state index in [4.69, 9.17) is 27.9 Å². The minimum atomic E-state index is -0.750. The fourth-order valence-corrected chi connectivity index (χ4v) is 3.54. The molecule has 4 heteroatoms. The van der Waals surface area contributed by atoms with Gasteiger partial charge in [0.25, 0.3) is 0 Å². The summed E-state index contributed by atoms with van der Waals surface area (Å²) in [5.74, 6) is 0. The van der Waals surface area contributed by atoms with Crippen LogP contribution in [-0.4, -0.2) is 17.3 Å². The van der Waals surface area contributed by atoms with Crippen LogP contribution in [0.15, 0.2) is 18.2 Å². The predicted molar refractivity (Wildman–Crippen MR) is 88.0 cm³/mol. The Morgan fingerprint density at radius 3 is 2.38 bits per heavy atom. The van der Waals surface area contributed by atoms with E-state index in [2.05, 4.69) is 13.8 Å². The highest BCUT2D eigenvalue weighted by Gasteiger charge is 2.45. The van der Waals surface area contributed by atoms with E-state index in [1.807, 2.05) is 6.92 Å². The first kappa shape index (κ1) is 17.1. The summed E-state index contributed by atoms with van der Waals surface area (Å²) in [5, 5.41) is 12.1. The Balaban J connectivity index is 2.31. The van der Waals surface area contributed by atoms with Gasteiger partial charge in [0.2, 0.25) is 0 Å². The van der Waals surface area contributed by atoms with Crippen molar-refractivity contribution < 1.29 is 9.84 Å². The van der Waals surface area contributed by atoms with Crippen LogP contribution in [0.25, 0.3) is 0 Å². The summed E-state index contributed by atoms with van der Waals surface area (Å²) in [4.78, 5) is 0. The second-order valence-corrected chi connectivity index (χ2v) is 7.57. The smallest absolute Gasteiger partial charge is 0.109 e. The van der Waals surface area contributed by atoms with Gasteiger partial charge in [0.15, 0.2) is 0 Å². The number of aliphatic hydroxyl groups excluding tert-OH is 1. The van der Waals surface area contributed by atoms with E-state index in [0.717, 1.165) is 25.7 Å². The monoisotopic (exact) mass is 330 g/mol. The molecule has 1 N–H and O–H groups in total. The fourth-order valence-electron chi connectivity index (χ4n) is 3.14. The quantitative estimate of drug-likeness (QED) is 0.800. The SMILES string of the molecule is CCOC1(C(O)c2cc(Cl)ccc2Cl)CCC(C)(C)CC1. The lowest BCUT2D eigenvalue weighted by Gasteiger charge is -2.46. The second-order valence-electron chi connectivity index (χ2n) is 6.73. The summed E-state index contributed by atoms with van der Waals surface area (Å²) in [5.41, 5.74) is 0.411. The minimum absolute atomic E-state index is 0.304. The number of ether oxygens (including phenoxy) is 1. The summed E-state index contributed by atoms with van der Waals surface area (Å²) < 4.78 is 6.02. The van der Waals surface area contributed by atoms with Crippen LogP contribution >= 0.6 is 23.2 Å². The zero-order chi connectivity index (χ0) is 15.7. The van der Waals surface area contributed by atoms with Crippen molar-refractivity contribution in [1.29, 1.82) is 0 Å². The van der Waals surface area contributed by atoms with Crippen molar-refractivity contribution in [3.05, 3.63) is 33.8 Å². The van der Waals surface area contributed by atoms with Crippen LogP contribution in [0, 0.1) is 5.41 Å². The maximum Gasteiger partial charge on any atom is 0.109 e. The zero-order valence-electron chi connectivity index (χ0n) is 13.0. The molecule has 0 bridgehead atoms. The average molecular weight is 331 g/mol. The standard InChI is InChI=1S/C17H24Cl2O2/c1-4-21-17(9-7-16(2,3)8-10-17)15(20)13-11-12(18)5-6-14(13)19/h5-6,11,15,20H,4,7-10H2,1-3H3. The highest BCUT2D eigenvalue weighted by Crippen LogP contribution is 2.48. The Morgan fingerprint density at radius 2 is 1.81 bits per heavy atom. The van der Waals surface area contributed by atoms with Crippen molar-refractivity contribution in [3.8, 4) is 0 Å². The van der Waals surface area contributed by atoms with Gasteiger partial charge in [-0.1, -0.05) is 37.0 Å². The molecule has 0 spiro atoms. The molecule has 1 fully saturated rings. The Bertz CT molecular complexity index is 490. The first-order chi connectivity index (χ1) is 9.80. The van der Waals surface area contributed by atoms with Crippen molar-refractivity contribution in [1.82, 2.24) is 0 Å². The highest BCUT2D eigenvalue weighted by atomic mass is 35.5. The van der Waals surface area contributed by atoms with E-state index < -0.39 is 11.7 Å². The van der Waals surface area contributed by atoms with Crippen molar-refractivity contribution in [2.45, 2.75) is 58.2 Å². The molecule has 0 aromatic heterocycles. The molecule has 0 radical (unpaired) electrons. The number of hydrogen-bond donors (Lipinski definition) is 1. The maximum absolute atomic E-state index is 10.9. The molecular weight excluding hydrogens is 307 g/mol. The van der Waals surface area contributed by atoms with Crippen LogP contribution < -0.4 is 0 Å². The highest BCUT2D eigenvalue weighted by molar-refractivity contribution is 6.33. The van der Waals surface area contributed by atoms with E-state index in [1.165, 1.54) is 0 Å². The third kappa shape index (κ3) is 3.73. The largest absolute Gasteiger partial charge is 0.385 e. The van der Waals surface area contributed by atoms with Crippen LogP contribution in [-0.2, 0) is 4.74 Å². The summed E-state index contributed by atoms with van der Waals surface area (Å²) in [6, 6.07) is 5.21. The lowest BCUT2D eigenvalue weighted by Crippen LogP contribution is -2.44. The van der Waals surface area contributed by atoms with Gasteiger partial charge in [0.1, 0.15) is 6.10 Å². The van der Waals surface area contributed by atoms with Gasteiger partial charge in [-0.15, -0.1) is 0 Å². The van der Waals surface area contributed by atoms with Gasteiger partial charge in [-0.2, -0.15) is 0 Å². The number of aliphatic hydroxyl groups is 1. The van der Waals surface area contributed by atoms with E-state index >= 15 is 0 Å². The molecule has 1 aromatic carbocycles. The van der Waals surface area contributed by atoms with Gasteiger partial charge in [-0.3, -0.25) is 0 Å². The third-order valence-electron chi connectivity index (χ3n) is 4.63. The molecule has 0 heterocycles. The maximum atomic E-state index is 10.9. The van der Waals surface area contributed by atoms with E-state index in [0.29, 0.717) is 27.6 Å². The summed E-state index contributed by atoms with van der Waals surface area (Å²) >= 11 is 12.3.